The molecule has 0 spiro atoms. The first-order valence-electron chi connectivity index (χ1n) is 6.20. The van der Waals surface area contributed by atoms with Crippen LogP contribution < -0.4 is 10.6 Å². The third kappa shape index (κ3) is 3.70. The fraction of sp³-hybridized carbons (Fsp3) is 0.909. The average molecular weight is 210 g/mol. The lowest BCUT2D eigenvalue weighted by atomic mass is 10.2. The Labute approximate surface area is 92.1 Å². The van der Waals surface area contributed by atoms with E-state index in [4.69, 9.17) is 0 Å². The Morgan fingerprint density at radius 2 is 2.00 bits per heavy atom. The van der Waals surface area contributed by atoms with Gasteiger partial charge in [0.1, 0.15) is 0 Å². The number of aliphatic imine (C=N–C) groups is 1. The molecule has 0 atom stereocenters. The molecular weight excluding hydrogens is 188 g/mol. The SMILES string of the molecule is C1CCCN(CCNC2=NCCN2)CC1. The van der Waals surface area contributed by atoms with Crippen molar-refractivity contribution in [1.82, 2.24) is 15.5 Å². The van der Waals surface area contributed by atoms with E-state index in [9.17, 15) is 0 Å². The lowest BCUT2D eigenvalue weighted by Crippen LogP contribution is -2.39. The van der Waals surface area contributed by atoms with Crippen molar-refractivity contribution in [2.75, 3.05) is 39.3 Å². The summed E-state index contributed by atoms with van der Waals surface area (Å²) in [7, 11) is 0. The Hall–Kier alpha value is -0.770. The Morgan fingerprint density at radius 3 is 2.67 bits per heavy atom. The van der Waals surface area contributed by atoms with Gasteiger partial charge in [0.2, 0.25) is 0 Å². The maximum absolute atomic E-state index is 4.31. The van der Waals surface area contributed by atoms with Crippen LogP contribution in [0.3, 0.4) is 0 Å². The van der Waals surface area contributed by atoms with Crippen LogP contribution in [-0.4, -0.2) is 50.1 Å². The minimum Gasteiger partial charge on any atom is -0.355 e. The van der Waals surface area contributed by atoms with Gasteiger partial charge in [-0.3, -0.25) is 4.99 Å². The predicted molar refractivity (Wildman–Crippen MR) is 63.2 cm³/mol. The van der Waals surface area contributed by atoms with Gasteiger partial charge in [0.15, 0.2) is 5.96 Å². The molecule has 2 aliphatic heterocycles. The monoisotopic (exact) mass is 210 g/mol. The molecule has 0 aromatic heterocycles. The van der Waals surface area contributed by atoms with Crippen molar-refractivity contribution in [2.24, 2.45) is 4.99 Å². The van der Waals surface area contributed by atoms with Crippen molar-refractivity contribution in [2.45, 2.75) is 25.7 Å². The molecule has 15 heavy (non-hydrogen) atoms. The van der Waals surface area contributed by atoms with Crippen LogP contribution >= 0.6 is 0 Å². The number of likely N-dealkylation sites (tertiary alicyclic amines) is 1. The Morgan fingerprint density at radius 1 is 1.20 bits per heavy atom. The zero-order chi connectivity index (χ0) is 10.3. The van der Waals surface area contributed by atoms with Crippen LogP contribution in [0.5, 0.6) is 0 Å². The van der Waals surface area contributed by atoms with E-state index >= 15 is 0 Å². The molecule has 0 bridgehead atoms. The Balaban J connectivity index is 1.59. The van der Waals surface area contributed by atoms with Crippen molar-refractivity contribution >= 4 is 5.96 Å². The summed E-state index contributed by atoms with van der Waals surface area (Å²) in [5.41, 5.74) is 0. The highest BCUT2D eigenvalue weighted by Crippen LogP contribution is 2.08. The van der Waals surface area contributed by atoms with Gasteiger partial charge >= 0.3 is 0 Å². The number of hydrogen-bond acceptors (Lipinski definition) is 4. The summed E-state index contributed by atoms with van der Waals surface area (Å²) in [6.07, 6.45) is 5.58. The molecule has 1 fully saturated rings. The van der Waals surface area contributed by atoms with Crippen LogP contribution in [0, 0.1) is 0 Å². The molecule has 0 aromatic rings. The molecule has 0 aliphatic carbocycles. The zero-order valence-electron chi connectivity index (χ0n) is 9.47. The second-order valence-electron chi connectivity index (χ2n) is 4.34. The molecule has 4 heteroatoms. The topological polar surface area (TPSA) is 39.7 Å². The summed E-state index contributed by atoms with van der Waals surface area (Å²) in [6, 6.07) is 0. The minimum atomic E-state index is 0.923. The zero-order valence-corrected chi connectivity index (χ0v) is 9.47. The van der Waals surface area contributed by atoms with Gasteiger partial charge in [0, 0.05) is 19.6 Å². The highest BCUT2D eigenvalue weighted by Gasteiger charge is 2.09. The third-order valence-electron chi connectivity index (χ3n) is 3.09. The van der Waals surface area contributed by atoms with Crippen LogP contribution in [0.2, 0.25) is 0 Å². The fourth-order valence-corrected chi connectivity index (χ4v) is 2.21. The molecular formula is C11H22N4. The Kier molecular flexibility index (Phi) is 4.26. The maximum Gasteiger partial charge on any atom is 0.191 e. The summed E-state index contributed by atoms with van der Waals surface area (Å²) >= 11 is 0. The number of nitrogens with zero attached hydrogens (tertiary/aromatic N) is 2. The molecule has 2 N–H and O–H groups in total. The second kappa shape index (κ2) is 5.95. The van der Waals surface area contributed by atoms with E-state index in [-0.39, 0.29) is 0 Å². The quantitative estimate of drug-likeness (QED) is 0.709. The maximum atomic E-state index is 4.31. The normalized spacial score (nSPS) is 23.1. The van der Waals surface area contributed by atoms with Crippen LogP contribution in [0.15, 0.2) is 4.99 Å². The van der Waals surface area contributed by atoms with E-state index in [0.29, 0.717) is 0 Å². The number of guanidine groups is 1. The first-order valence-corrected chi connectivity index (χ1v) is 6.20. The van der Waals surface area contributed by atoms with Gasteiger partial charge in [-0.25, -0.2) is 0 Å². The summed E-state index contributed by atoms with van der Waals surface area (Å²) in [5, 5.41) is 6.57. The molecule has 86 valence electrons. The van der Waals surface area contributed by atoms with Gasteiger partial charge in [-0.15, -0.1) is 0 Å². The highest BCUT2D eigenvalue weighted by atomic mass is 15.2. The largest absolute Gasteiger partial charge is 0.355 e. The first-order chi connectivity index (χ1) is 7.45. The van der Waals surface area contributed by atoms with Crippen molar-refractivity contribution < 1.29 is 0 Å². The summed E-state index contributed by atoms with van der Waals surface area (Å²) in [4.78, 5) is 6.88. The van der Waals surface area contributed by atoms with E-state index in [1.54, 1.807) is 0 Å². The van der Waals surface area contributed by atoms with Gasteiger partial charge in [-0.05, 0) is 25.9 Å². The molecule has 2 aliphatic rings. The van der Waals surface area contributed by atoms with Crippen LogP contribution in [0.4, 0.5) is 0 Å². The molecule has 2 rings (SSSR count). The molecule has 0 unspecified atom stereocenters. The van der Waals surface area contributed by atoms with Crippen molar-refractivity contribution in [3.8, 4) is 0 Å². The molecule has 0 aromatic carbocycles. The lowest BCUT2D eigenvalue weighted by molar-refractivity contribution is 0.289. The number of rotatable bonds is 3. The molecule has 1 saturated heterocycles. The van der Waals surface area contributed by atoms with Crippen molar-refractivity contribution in [3.05, 3.63) is 0 Å². The summed E-state index contributed by atoms with van der Waals surface area (Å²) in [5.74, 6) is 0.991. The first kappa shape index (κ1) is 10.7. The second-order valence-corrected chi connectivity index (χ2v) is 4.34. The van der Waals surface area contributed by atoms with Gasteiger partial charge in [-0.2, -0.15) is 0 Å². The van der Waals surface area contributed by atoms with E-state index in [1.165, 1.54) is 38.8 Å². The molecule has 0 saturated carbocycles. The molecule has 0 amide bonds. The van der Waals surface area contributed by atoms with E-state index in [2.05, 4.69) is 20.5 Å². The van der Waals surface area contributed by atoms with Crippen molar-refractivity contribution in [3.63, 3.8) is 0 Å². The fourth-order valence-electron chi connectivity index (χ4n) is 2.21. The van der Waals surface area contributed by atoms with Gasteiger partial charge < -0.3 is 15.5 Å². The van der Waals surface area contributed by atoms with Gasteiger partial charge in [0.25, 0.3) is 0 Å². The van der Waals surface area contributed by atoms with E-state index in [0.717, 1.165) is 32.1 Å². The Bertz CT molecular complexity index is 207. The van der Waals surface area contributed by atoms with Crippen molar-refractivity contribution in [1.29, 1.82) is 0 Å². The smallest absolute Gasteiger partial charge is 0.191 e. The van der Waals surface area contributed by atoms with Gasteiger partial charge in [0.05, 0.1) is 6.54 Å². The highest BCUT2D eigenvalue weighted by molar-refractivity contribution is 5.81. The molecule has 2 heterocycles. The average Bonchev–Trinajstić information content (AvgIpc) is 2.62. The van der Waals surface area contributed by atoms with Crippen LogP contribution in [0.25, 0.3) is 0 Å². The van der Waals surface area contributed by atoms with Crippen LogP contribution in [-0.2, 0) is 0 Å². The summed E-state index contributed by atoms with van der Waals surface area (Å²) in [6.45, 7) is 6.65. The number of hydrogen-bond donors (Lipinski definition) is 2. The number of nitrogens with one attached hydrogen (secondary N) is 2. The lowest BCUT2D eigenvalue weighted by Gasteiger charge is -2.19. The standard InChI is InChI=1S/C11H22N4/c1-2-4-9-15(8-3-1)10-7-14-11-12-5-6-13-11/h1-10H2,(H2,12,13,14). The third-order valence-corrected chi connectivity index (χ3v) is 3.09. The van der Waals surface area contributed by atoms with Crippen LogP contribution in [0.1, 0.15) is 25.7 Å². The van der Waals surface area contributed by atoms with E-state index < -0.39 is 0 Å². The predicted octanol–water partition coefficient (Wildman–Crippen LogP) is 0.411. The van der Waals surface area contributed by atoms with E-state index in [1.807, 2.05) is 0 Å². The van der Waals surface area contributed by atoms with Gasteiger partial charge in [-0.1, -0.05) is 12.8 Å². The summed E-state index contributed by atoms with van der Waals surface area (Å²) < 4.78 is 0. The molecule has 0 radical (unpaired) electrons. The minimum absolute atomic E-state index is 0.923. The molecule has 4 nitrogen and oxygen atoms in total.